The first-order valence-corrected chi connectivity index (χ1v) is 10.8. The van der Waals surface area contributed by atoms with Gasteiger partial charge in [-0.2, -0.15) is 4.31 Å². The van der Waals surface area contributed by atoms with Crippen molar-refractivity contribution in [2.24, 2.45) is 0 Å². The minimum atomic E-state index is -3.65. The molecule has 3 aliphatic heterocycles. The summed E-state index contributed by atoms with van der Waals surface area (Å²) < 4.78 is 52.5. The Morgan fingerprint density at radius 2 is 1.19 bits per heavy atom. The summed E-state index contributed by atoms with van der Waals surface area (Å²) in [5, 5.41) is 0. The average Bonchev–Trinajstić information content (AvgIpc) is 3.11. The highest BCUT2D eigenvalue weighted by Gasteiger charge is 2.75. The van der Waals surface area contributed by atoms with Gasteiger partial charge >= 0.3 is 0 Å². The monoisotopic (exact) mass is 395 g/mol. The second-order valence-electron chi connectivity index (χ2n) is 8.76. The van der Waals surface area contributed by atoms with E-state index in [4.69, 9.17) is 18.9 Å². The summed E-state index contributed by atoms with van der Waals surface area (Å²) in [7, 11) is -3.65. The minimum Gasteiger partial charge on any atom is -0.343 e. The van der Waals surface area contributed by atoms with Crippen molar-refractivity contribution in [1.82, 2.24) is 4.31 Å². The third kappa shape index (κ3) is 2.62. The van der Waals surface area contributed by atoms with Crippen LogP contribution < -0.4 is 0 Å². The Kier molecular flexibility index (Phi) is 3.55. The van der Waals surface area contributed by atoms with Crippen LogP contribution in [0.5, 0.6) is 0 Å². The topological polar surface area (TPSA) is 74.1 Å². The molecule has 7 nitrogen and oxygen atoms in total. The standard InChI is InChI=1S/C19H25NO6S/c1-10-6-8-11(9-7-10)27(21,22)20-12-13(20)15-17(26-19(4,5)24-15)16-14(12)23-18(2,3)25-16/h6-9,12-17H,1-5H3/t12-,13+,14+,15-,16-,17-,20?/m0/s1. The van der Waals surface area contributed by atoms with E-state index in [1.54, 1.807) is 12.1 Å². The van der Waals surface area contributed by atoms with Gasteiger partial charge < -0.3 is 18.9 Å². The van der Waals surface area contributed by atoms with E-state index in [0.717, 1.165) is 5.56 Å². The third-order valence-corrected chi connectivity index (χ3v) is 7.68. The lowest BCUT2D eigenvalue weighted by molar-refractivity contribution is -0.175. The van der Waals surface area contributed by atoms with E-state index in [0.29, 0.717) is 0 Å². The molecule has 0 spiro atoms. The van der Waals surface area contributed by atoms with Gasteiger partial charge in [0.15, 0.2) is 11.6 Å². The van der Waals surface area contributed by atoms with Crippen LogP contribution in [0.2, 0.25) is 0 Å². The predicted molar refractivity (Wildman–Crippen MR) is 95.4 cm³/mol. The first kappa shape index (κ1) is 18.0. The van der Waals surface area contributed by atoms with Crippen LogP contribution in [-0.2, 0) is 29.0 Å². The highest BCUT2D eigenvalue weighted by molar-refractivity contribution is 7.89. The van der Waals surface area contributed by atoms with Gasteiger partial charge in [0.25, 0.3) is 0 Å². The van der Waals surface area contributed by atoms with Crippen molar-refractivity contribution < 1.29 is 27.4 Å². The summed E-state index contributed by atoms with van der Waals surface area (Å²) in [5.74, 6) is -1.57. The van der Waals surface area contributed by atoms with E-state index in [9.17, 15) is 8.42 Å². The molecule has 0 amide bonds. The van der Waals surface area contributed by atoms with E-state index in [1.807, 2.05) is 46.8 Å². The van der Waals surface area contributed by atoms with E-state index in [1.165, 1.54) is 4.31 Å². The van der Waals surface area contributed by atoms with E-state index in [-0.39, 0.29) is 41.4 Å². The number of fused-ring (bicyclic) bond motifs is 6. The molecule has 0 N–H and O–H groups in total. The molecular weight excluding hydrogens is 370 g/mol. The fourth-order valence-electron chi connectivity index (χ4n) is 4.75. The molecule has 27 heavy (non-hydrogen) atoms. The quantitative estimate of drug-likeness (QED) is 0.711. The van der Waals surface area contributed by atoms with Gasteiger partial charge in [-0.1, -0.05) is 17.7 Å². The lowest BCUT2D eigenvalue weighted by atomic mass is 9.90. The van der Waals surface area contributed by atoms with Crippen LogP contribution in [0.15, 0.2) is 29.2 Å². The van der Waals surface area contributed by atoms with Gasteiger partial charge in [-0.05, 0) is 46.8 Å². The molecule has 1 aromatic rings. The third-order valence-electron chi connectivity index (χ3n) is 5.77. The number of ether oxygens (including phenoxy) is 4. The zero-order chi connectivity index (χ0) is 19.4. The summed E-state index contributed by atoms with van der Waals surface area (Å²) in [6, 6.07) is 6.31. The number of benzene rings is 1. The summed E-state index contributed by atoms with van der Waals surface area (Å²) >= 11 is 0. The molecule has 1 aliphatic carbocycles. The Bertz CT molecular complexity index is 844. The maximum Gasteiger partial charge on any atom is 0.243 e. The maximum atomic E-state index is 13.3. The molecule has 0 radical (unpaired) electrons. The second-order valence-corrected chi connectivity index (χ2v) is 10.6. The van der Waals surface area contributed by atoms with Crippen LogP contribution in [-0.4, -0.2) is 60.8 Å². The normalized spacial score (nSPS) is 43.7. The Balaban J connectivity index is 1.53. The van der Waals surface area contributed by atoms with Gasteiger partial charge in [0, 0.05) is 0 Å². The van der Waals surface area contributed by atoms with E-state index < -0.39 is 21.6 Å². The number of hydrogen-bond acceptors (Lipinski definition) is 6. The molecule has 5 rings (SSSR count). The number of aryl methyl sites for hydroxylation is 1. The van der Waals surface area contributed by atoms with Crippen molar-refractivity contribution >= 4 is 10.0 Å². The molecule has 8 heteroatoms. The van der Waals surface area contributed by atoms with Crippen LogP contribution in [0.3, 0.4) is 0 Å². The molecule has 3 heterocycles. The van der Waals surface area contributed by atoms with Crippen LogP contribution in [0.1, 0.15) is 33.3 Å². The van der Waals surface area contributed by atoms with Gasteiger partial charge in [0.1, 0.15) is 24.4 Å². The van der Waals surface area contributed by atoms with E-state index in [2.05, 4.69) is 0 Å². The first-order valence-electron chi connectivity index (χ1n) is 9.32. The Hall–Kier alpha value is -1.03. The largest absolute Gasteiger partial charge is 0.343 e. The lowest BCUT2D eigenvalue weighted by Crippen LogP contribution is -2.51. The van der Waals surface area contributed by atoms with Crippen LogP contribution in [0.25, 0.3) is 0 Å². The van der Waals surface area contributed by atoms with Crippen LogP contribution >= 0.6 is 0 Å². The van der Waals surface area contributed by atoms with Gasteiger partial charge in [-0.3, -0.25) is 0 Å². The highest BCUT2D eigenvalue weighted by Crippen LogP contribution is 2.55. The molecule has 1 aromatic carbocycles. The molecule has 1 saturated carbocycles. The first-order chi connectivity index (χ1) is 12.5. The summed E-state index contributed by atoms with van der Waals surface area (Å²) in [4.78, 5) is 0.284. The van der Waals surface area contributed by atoms with Gasteiger partial charge in [0.2, 0.25) is 10.0 Å². The number of hydrogen-bond donors (Lipinski definition) is 0. The van der Waals surface area contributed by atoms with Gasteiger partial charge in [0.05, 0.1) is 17.0 Å². The number of rotatable bonds is 2. The second kappa shape index (κ2) is 5.31. The van der Waals surface area contributed by atoms with Crippen molar-refractivity contribution in [2.75, 3.05) is 0 Å². The van der Waals surface area contributed by atoms with Crippen LogP contribution in [0.4, 0.5) is 0 Å². The zero-order valence-corrected chi connectivity index (χ0v) is 16.9. The van der Waals surface area contributed by atoms with Gasteiger partial charge in [-0.25, -0.2) is 8.42 Å². The van der Waals surface area contributed by atoms with Gasteiger partial charge in [-0.15, -0.1) is 0 Å². The van der Waals surface area contributed by atoms with Crippen molar-refractivity contribution in [1.29, 1.82) is 0 Å². The molecular formula is C19H25NO6S. The average molecular weight is 395 g/mol. The molecule has 0 aromatic heterocycles. The van der Waals surface area contributed by atoms with Crippen molar-refractivity contribution in [3.63, 3.8) is 0 Å². The zero-order valence-electron chi connectivity index (χ0n) is 16.1. The molecule has 4 fully saturated rings. The number of nitrogens with zero attached hydrogens (tertiary/aromatic N) is 1. The summed E-state index contributed by atoms with van der Waals surface area (Å²) in [5.41, 5.74) is 1.01. The fraction of sp³-hybridized carbons (Fsp3) is 0.684. The smallest absolute Gasteiger partial charge is 0.243 e. The van der Waals surface area contributed by atoms with Crippen molar-refractivity contribution in [3.05, 3.63) is 29.8 Å². The molecule has 1 unspecified atom stereocenters. The Labute approximate surface area is 159 Å². The predicted octanol–water partition coefficient (Wildman–Crippen LogP) is 1.79. The molecule has 7 atom stereocenters. The Morgan fingerprint density at radius 1 is 0.778 bits per heavy atom. The van der Waals surface area contributed by atoms with Crippen molar-refractivity contribution in [2.45, 2.75) is 87.6 Å². The molecule has 148 valence electrons. The summed E-state index contributed by atoms with van der Waals surface area (Å²) in [6.45, 7) is 9.31. The molecule has 0 bridgehead atoms. The van der Waals surface area contributed by atoms with E-state index >= 15 is 0 Å². The maximum absolute atomic E-state index is 13.3. The molecule has 3 saturated heterocycles. The summed E-state index contributed by atoms with van der Waals surface area (Å²) in [6.07, 6.45) is -1.45. The highest BCUT2D eigenvalue weighted by atomic mass is 32.2. The van der Waals surface area contributed by atoms with Crippen LogP contribution in [0, 0.1) is 6.92 Å². The Morgan fingerprint density at radius 3 is 1.63 bits per heavy atom. The molecule has 4 aliphatic rings. The lowest BCUT2D eigenvalue weighted by Gasteiger charge is -2.28. The van der Waals surface area contributed by atoms with Crippen molar-refractivity contribution in [3.8, 4) is 0 Å². The SMILES string of the molecule is Cc1ccc(S(=O)(=O)N2[C@@H]3[C@H]4OC(C)(C)O[C@@H]4[C@H]4OC(C)(C)O[C@H]4[C@@H]32)cc1. The number of sulfonamides is 1. The minimum absolute atomic E-state index is 0.284. The fourth-order valence-corrected chi connectivity index (χ4v) is 6.55.